The van der Waals surface area contributed by atoms with Gasteiger partial charge < -0.3 is 5.32 Å². The average Bonchev–Trinajstić information content (AvgIpc) is 2.54. The van der Waals surface area contributed by atoms with Gasteiger partial charge in [0.2, 0.25) is 5.91 Å². The number of benzene rings is 1. The molecule has 0 aromatic heterocycles. The molecule has 0 radical (unpaired) electrons. The summed E-state index contributed by atoms with van der Waals surface area (Å²) < 4.78 is 38.8. The van der Waals surface area contributed by atoms with E-state index in [9.17, 15) is 18.0 Å². The monoisotopic (exact) mass is 243 g/mol. The maximum atomic E-state index is 13.0. The zero-order valence-electron chi connectivity index (χ0n) is 9.32. The molecule has 1 aromatic rings. The van der Waals surface area contributed by atoms with Gasteiger partial charge in [-0.25, -0.2) is 13.2 Å². The van der Waals surface area contributed by atoms with Crippen molar-refractivity contribution in [3.05, 3.63) is 35.1 Å². The Balaban J connectivity index is 2.22. The molecule has 0 saturated carbocycles. The van der Waals surface area contributed by atoms with Crippen LogP contribution in [-0.2, 0) is 11.2 Å². The van der Waals surface area contributed by atoms with Gasteiger partial charge in [-0.3, -0.25) is 4.79 Å². The fourth-order valence-corrected chi connectivity index (χ4v) is 2.14. The second-order valence-electron chi connectivity index (χ2n) is 4.66. The lowest BCUT2D eigenvalue weighted by Crippen LogP contribution is -2.40. The molecule has 1 saturated heterocycles. The van der Waals surface area contributed by atoms with Crippen LogP contribution >= 0.6 is 0 Å². The summed E-state index contributed by atoms with van der Waals surface area (Å²) in [5, 5.41) is 2.75. The van der Waals surface area contributed by atoms with Crippen LogP contribution in [0.15, 0.2) is 12.1 Å². The number of nitrogens with one attached hydrogen (secondary N) is 1. The first kappa shape index (κ1) is 12.0. The molecule has 0 unspecified atom stereocenters. The van der Waals surface area contributed by atoms with Crippen LogP contribution in [0.3, 0.4) is 0 Å². The number of hydrogen-bond donors (Lipinski definition) is 1. The third kappa shape index (κ3) is 2.43. The fourth-order valence-electron chi connectivity index (χ4n) is 2.14. The predicted molar refractivity (Wildman–Crippen MR) is 55.8 cm³/mol. The zero-order chi connectivity index (χ0) is 12.6. The van der Waals surface area contributed by atoms with E-state index < -0.39 is 23.0 Å². The minimum absolute atomic E-state index is 0.0736. The summed E-state index contributed by atoms with van der Waals surface area (Å²) >= 11 is 0. The van der Waals surface area contributed by atoms with E-state index >= 15 is 0 Å². The average molecular weight is 243 g/mol. The summed E-state index contributed by atoms with van der Waals surface area (Å²) in [5.41, 5.74) is -0.167. The van der Waals surface area contributed by atoms with Gasteiger partial charge in [-0.1, -0.05) is 0 Å². The van der Waals surface area contributed by atoms with Crippen LogP contribution in [-0.4, -0.2) is 11.4 Å². The highest BCUT2D eigenvalue weighted by Gasteiger charge is 2.33. The second-order valence-corrected chi connectivity index (χ2v) is 4.66. The summed E-state index contributed by atoms with van der Waals surface area (Å²) in [6.07, 6.45) is 1.29. The summed E-state index contributed by atoms with van der Waals surface area (Å²) in [6.45, 7) is 1.80. The standard InChI is InChI=1S/C12H12F3NO/c1-12(3-2-10(17)16-12)6-7-4-8(13)11(15)9(14)5-7/h4-5H,2-3,6H2,1H3,(H,16,17)/t12-/m1/s1. The van der Waals surface area contributed by atoms with Crippen LogP contribution in [0.2, 0.25) is 0 Å². The van der Waals surface area contributed by atoms with Gasteiger partial charge in [-0.2, -0.15) is 0 Å². The highest BCUT2D eigenvalue weighted by molar-refractivity contribution is 5.79. The van der Waals surface area contributed by atoms with Crippen LogP contribution < -0.4 is 5.32 Å². The molecule has 1 atom stereocenters. The van der Waals surface area contributed by atoms with E-state index in [1.54, 1.807) is 6.92 Å². The van der Waals surface area contributed by atoms with E-state index in [0.29, 0.717) is 18.4 Å². The highest BCUT2D eigenvalue weighted by Crippen LogP contribution is 2.25. The van der Waals surface area contributed by atoms with Gasteiger partial charge in [0, 0.05) is 12.0 Å². The van der Waals surface area contributed by atoms with Gasteiger partial charge in [-0.15, -0.1) is 0 Å². The lowest BCUT2D eigenvalue weighted by atomic mass is 9.91. The van der Waals surface area contributed by atoms with Gasteiger partial charge >= 0.3 is 0 Å². The topological polar surface area (TPSA) is 29.1 Å². The first-order valence-corrected chi connectivity index (χ1v) is 5.34. The molecule has 0 bridgehead atoms. The van der Waals surface area contributed by atoms with Crippen molar-refractivity contribution in [1.29, 1.82) is 0 Å². The predicted octanol–water partition coefficient (Wildman–Crippen LogP) is 2.32. The highest BCUT2D eigenvalue weighted by atomic mass is 19.2. The van der Waals surface area contributed by atoms with Crippen molar-refractivity contribution in [3.8, 4) is 0 Å². The van der Waals surface area contributed by atoms with Gasteiger partial charge in [0.15, 0.2) is 17.5 Å². The van der Waals surface area contributed by atoms with E-state index in [-0.39, 0.29) is 12.3 Å². The first-order valence-electron chi connectivity index (χ1n) is 5.34. The molecular formula is C12H12F3NO. The Morgan fingerprint density at radius 1 is 1.29 bits per heavy atom. The number of carbonyl (C=O) groups is 1. The van der Waals surface area contributed by atoms with Crippen LogP contribution in [0, 0.1) is 17.5 Å². The van der Waals surface area contributed by atoms with Gasteiger partial charge in [0.25, 0.3) is 0 Å². The van der Waals surface area contributed by atoms with Crippen molar-refractivity contribution in [2.45, 2.75) is 31.7 Å². The SMILES string of the molecule is C[C@]1(Cc2cc(F)c(F)c(F)c2)CCC(=O)N1. The van der Waals surface area contributed by atoms with Crippen molar-refractivity contribution >= 4 is 5.91 Å². The summed E-state index contributed by atoms with van der Waals surface area (Å²) in [6, 6.07) is 1.93. The lowest BCUT2D eigenvalue weighted by Gasteiger charge is -2.24. The number of hydrogen-bond acceptors (Lipinski definition) is 1. The molecule has 2 rings (SSSR count). The molecule has 1 aliphatic rings. The Bertz CT molecular complexity index is 452. The Hall–Kier alpha value is -1.52. The molecule has 92 valence electrons. The van der Waals surface area contributed by atoms with Gasteiger partial charge in [0.1, 0.15) is 0 Å². The largest absolute Gasteiger partial charge is 0.351 e. The molecule has 5 heteroatoms. The van der Waals surface area contributed by atoms with Crippen LogP contribution in [0.5, 0.6) is 0 Å². The van der Waals surface area contributed by atoms with E-state index in [1.807, 2.05) is 0 Å². The minimum Gasteiger partial charge on any atom is -0.351 e. The third-order valence-electron chi connectivity index (χ3n) is 2.98. The molecule has 17 heavy (non-hydrogen) atoms. The Kier molecular flexibility index (Phi) is 2.85. The molecular weight excluding hydrogens is 231 g/mol. The molecule has 0 aliphatic carbocycles. The van der Waals surface area contributed by atoms with E-state index in [1.165, 1.54) is 0 Å². The van der Waals surface area contributed by atoms with Crippen LogP contribution in [0.1, 0.15) is 25.3 Å². The van der Waals surface area contributed by atoms with Crippen molar-refractivity contribution in [2.24, 2.45) is 0 Å². The van der Waals surface area contributed by atoms with Crippen molar-refractivity contribution in [2.75, 3.05) is 0 Å². The molecule has 0 spiro atoms. The second kappa shape index (κ2) is 4.05. The number of rotatable bonds is 2. The van der Waals surface area contributed by atoms with E-state index in [2.05, 4.69) is 5.32 Å². The maximum absolute atomic E-state index is 13.0. The normalized spacial score (nSPS) is 23.9. The number of halogens is 3. The van der Waals surface area contributed by atoms with E-state index in [4.69, 9.17) is 0 Å². The van der Waals surface area contributed by atoms with Crippen molar-refractivity contribution < 1.29 is 18.0 Å². The fraction of sp³-hybridized carbons (Fsp3) is 0.417. The quantitative estimate of drug-likeness (QED) is 0.793. The van der Waals surface area contributed by atoms with Crippen molar-refractivity contribution in [1.82, 2.24) is 5.32 Å². The van der Waals surface area contributed by atoms with E-state index in [0.717, 1.165) is 12.1 Å². The first-order chi connectivity index (χ1) is 7.89. The zero-order valence-corrected chi connectivity index (χ0v) is 9.32. The Morgan fingerprint density at radius 2 is 1.88 bits per heavy atom. The summed E-state index contributed by atoms with van der Waals surface area (Å²) in [4.78, 5) is 11.1. The van der Waals surface area contributed by atoms with Gasteiger partial charge in [0.05, 0.1) is 0 Å². The van der Waals surface area contributed by atoms with Gasteiger partial charge in [-0.05, 0) is 37.5 Å². The summed E-state index contributed by atoms with van der Waals surface area (Å²) in [5.74, 6) is -3.94. The maximum Gasteiger partial charge on any atom is 0.220 e. The molecule has 1 heterocycles. The Labute approximate surface area is 96.8 Å². The number of carbonyl (C=O) groups excluding carboxylic acids is 1. The smallest absolute Gasteiger partial charge is 0.220 e. The minimum atomic E-state index is -1.46. The molecule has 2 nitrogen and oxygen atoms in total. The third-order valence-corrected chi connectivity index (χ3v) is 2.98. The van der Waals surface area contributed by atoms with Crippen LogP contribution in [0.25, 0.3) is 0 Å². The van der Waals surface area contributed by atoms with Crippen molar-refractivity contribution in [3.63, 3.8) is 0 Å². The molecule has 1 aromatic carbocycles. The molecule has 1 N–H and O–H groups in total. The molecule has 1 amide bonds. The van der Waals surface area contributed by atoms with Crippen LogP contribution in [0.4, 0.5) is 13.2 Å². The number of amides is 1. The summed E-state index contributed by atoms with van der Waals surface area (Å²) in [7, 11) is 0. The Morgan fingerprint density at radius 3 is 2.35 bits per heavy atom. The lowest BCUT2D eigenvalue weighted by molar-refractivity contribution is -0.119. The molecule has 1 fully saturated rings. The molecule has 1 aliphatic heterocycles.